The average molecular weight is 389 g/mol. The summed E-state index contributed by atoms with van der Waals surface area (Å²) in [5.41, 5.74) is 3.11. The number of carbonyl (C=O) groups is 1. The first-order valence-corrected chi connectivity index (χ1v) is 10.1. The van der Waals surface area contributed by atoms with Crippen molar-refractivity contribution in [2.24, 2.45) is 0 Å². The highest BCUT2D eigenvalue weighted by Crippen LogP contribution is 2.26. The number of ether oxygens (including phenoxy) is 2. The van der Waals surface area contributed by atoms with Crippen molar-refractivity contribution in [3.63, 3.8) is 0 Å². The second kappa shape index (κ2) is 8.91. The third-order valence-corrected chi connectivity index (χ3v) is 5.20. The Hall–Kier alpha value is -2.25. The van der Waals surface area contributed by atoms with Gasteiger partial charge in [-0.15, -0.1) is 22.7 Å². The maximum atomic E-state index is 12.1. The fourth-order valence-electron chi connectivity index (χ4n) is 2.30. The van der Waals surface area contributed by atoms with E-state index in [1.807, 2.05) is 44.3 Å². The first kappa shape index (κ1) is 18.5. The van der Waals surface area contributed by atoms with Crippen LogP contribution in [0.4, 0.5) is 0 Å². The molecule has 0 saturated heterocycles. The molecule has 0 aliphatic heterocycles. The van der Waals surface area contributed by atoms with Gasteiger partial charge in [0.15, 0.2) is 5.69 Å². The third kappa shape index (κ3) is 5.12. The van der Waals surface area contributed by atoms with Crippen molar-refractivity contribution in [2.45, 2.75) is 32.8 Å². The van der Waals surface area contributed by atoms with Gasteiger partial charge in [0, 0.05) is 22.0 Å². The number of hydrogen-bond acceptors (Lipinski definition) is 7. The summed E-state index contributed by atoms with van der Waals surface area (Å²) in [5, 5.41) is 2.53. The molecule has 2 heterocycles. The summed E-state index contributed by atoms with van der Waals surface area (Å²) in [6.45, 7) is 4.36. The third-order valence-electron chi connectivity index (χ3n) is 3.47. The Balaban J connectivity index is 1.52. The molecule has 0 saturated carbocycles. The normalized spacial score (nSPS) is 10.9. The van der Waals surface area contributed by atoms with Gasteiger partial charge in [-0.05, 0) is 51.0 Å². The Morgan fingerprint density at radius 1 is 1.19 bits per heavy atom. The first-order valence-electron chi connectivity index (χ1n) is 8.39. The van der Waals surface area contributed by atoms with Gasteiger partial charge in [-0.3, -0.25) is 4.98 Å². The molecular weight excluding hydrogens is 368 g/mol. The molecule has 0 aliphatic rings. The Morgan fingerprint density at radius 2 is 2.00 bits per heavy atom. The van der Waals surface area contributed by atoms with Gasteiger partial charge in [-0.2, -0.15) is 0 Å². The van der Waals surface area contributed by atoms with Crippen molar-refractivity contribution in [3.8, 4) is 16.3 Å². The van der Waals surface area contributed by atoms with Crippen LogP contribution in [0.15, 0.2) is 41.4 Å². The maximum Gasteiger partial charge on any atom is 0.357 e. The van der Waals surface area contributed by atoms with Crippen molar-refractivity contribution >= 4 is 28.6 Å². The van der Waals surface area contributed by atoms with E-state index in [1.54, 1.807) is 22.2 Å². The summed E-state index contributed by atoms with van der Waals surface area (Å²) < 4.78 is 10.9. The Morgan fingerprint density at radius 3 is 2.69 bits per heavy atom. The zero-order chi connectivity index (χ0) is 18.4. The zero-order valence-corrected chi connectivity index (χ0v) is 16.3. The van der Waals surface area contributed by atoms with E-state index in [9.17, 15) is 4.79 Å². The smallest absolute Gasteiger partial charge is 0.357 e. The molecule has 136 valence electrons. The number of rotatable bonds is 8. The Kier molecular flexibility index (Phi) is 6.35. The van der Waals surface area contributed by atoms with Gasteiger partial charge < -0.3 is 9.47 Å². The van der Waals surface area contributed by atoms with Crippen LogP contribution in [0.5, 0.6) is 5.75 Å². The van der Waals surface area contributed by atoms with Crippen LogP contribution < -0.4 is 4.74 Å². The lowest BCUT2D eigenvalue weighted by molar-refractivity contribution is 0.0495. The molecule has 3 rings (SSSR count). The van der Waals surface area contributed by atoms with Crippen LogP contribution in [0, 0.1) is 0 Å². The van der Waals surface area contributed by atoms with Gasteiger partial charge in [0.1, 0.15) is 10.8 Å². The summed E-state index contributed by atoms with van der Waals surface area (Å²) in [6.07, 6.45) is 3.63. The molecule has 0 atom stereocenters. The lowest BCUT2D eigenvalue weighted by Crippen LogP contribution is -2.07. The molecule has 3 aromatic rings. The molecule has 1 aromatic carbocycles. The van der Waals surface area contributed by atoms with E-state index in [0.717, 1.165) is 29.2 Å². The highest BCUT2D eigenvalue weighted by molar-refractivity contribution is 7.13. The maximum absolute atomic E-state index is 12.1. The van der Waals surface area contributed by atoms with Crippen molar-refractivity contribution in [2.75, 3.05) is 6.61 Å². The van der Waals surface area contributed by atoms with Crippen LogP contribution in [0.25, 0.3) is 10.6 Å². The summed E-state index contributed by atoms with van der Waals surface area (Å²) >= 11 is 3.04. The van der Waals surface area contributed by atoms with Gasteiger partial charge in [-0.25, -0.2) is 9.78 Å². The Bertz CT molecular complexity index is 827. The standard InChI is InChI=1S/C19H20N2O3S2/c1-13(2)24-15-7-5-14(6-8-15)18-21-17(11-25-18)19(22)23-9-3-4-16-10-20-12-26-16/h5-8,10-13H,3-4,9H2,1-2H3. The molecule has 0 N–H and O–H groups in total. The van der Waals surface area contributed by atoms with E-state index in [0.29, 0.717) is 12.3 Å². The molecule has 0 unspecified atom stereocenters. The molecule has 0 bridgehead atoms. The number of esters is 1. The van der Waals surface area contributed by atoms with Gasteiger partial charge in [0.25, 0.3) is 0 Å². The van der Waals surface area contributed by atoms with Crippen LogP contribution in [-0.2, 0) is 11.2 Å². The van der Waals surface area contributed by atoms with Gasteiger partial charge in [0.05, 0.1) is 18.2 Å². The lowest BCUT2D eigenvalue weighted by Gasteiger charge is -2.09. The average Bonchev–Trinajstić information content (AvgIpc) is 3.30. The number of hydrogen-bond donors (Lipinski definition) is 0. The number of nitrogens with zero attached hydrogens (tertiary/aromatic N) is 2. The molecule has 0 fully saturated rings. The molecule has 2 aromatic heterocycles. The van der Waals surface area contributed by atoms with E-state index in [2.05, 4.69) is 9.97 Å². The molecule has 7 heteroatoms. The molecule has 0 amide bonds. The number of thiazole rings is 2. The molecule has 5 nitrogen and oxygen atoms in total. The lowest BCUT2D eigenvalue weighted by atomic mass is 10.2. The molecule has 0 aliphatic carbocycles. The van der Waals surface area contributed by atoms with E-state index in [4.69, 9.17) is 9.47 Å². The van der Waals surface area contributed by atoms with Crippen molar-refractivity contribution in [1.29, 1.82) is 0 Å². The molecule has 0 spiro atoms. The molecule has 26 heavy (non-hydrogen) atoms. The zero-order valence-electron chi connectivity index (χ0n) is 14.7. The highest BCUT2D eigenvalue weighted by atomic mass is 32.1. The van der Waals surface area contributed by atoms with E-state index >= 15 is 0 Å². The minimum Gasteiger partial charge on any atom is -0.491 e. The molecular formula is C19H20N2O3S2. The van der Waals surface area contributed by atoms with Gasteiger partial charge in [-0.1, -0.05) is 0 Å². The second-order valence-corrected chi connectivity index (χ2v) is 7.77. The van der Waals surface area contributed by atoms with E-state index < -0.39 is 0 Å². The highest BCUT2D eigenvalue weighted by Gasteiger charge is 2.13. The van der Waals surface area contributed by atoms with Gasteiger partial charge in [0.2, 0.25) is 0 Å². The van der Waals surface area contributed by atoms with Crippen LogP contribution >= 0.6 is 22.7 Å². The Labute approximate surface area is 160 Å². The minimum absolute atomic E-state index is 0.137. The fraction of sp³-hybridized carbons (Fsp3) is 0.316. The summed E-state index contributed by atoms with van der Waals surface area (Å²) in [5.74, 6) is 0.442. The quantitative estimate of drug-likeness (QED) is 0.408. The van der Waals surface area contributed by atoms with Crippen LogP contribution in [0.2, 0.25) is 0 Å². The first-order chi connectivity index (χ1) is 12.6. The number of benzene rings is 1. The SMILES string of the molecule is CC(C)Oc1ccc(-c2nc(C(=O)OCCCc3cncs3)cs2)cc1. The largest absolute Gasteiger partial charge is 0.491 e. The number of aryl methyl sites for hydroxylation is 1. The summed E-state index contributed by atoms with van der Waals surface area (Å²) in [4.78, 5) is 21.7. The van der Waals surface area contributed by atoms with E-state index in [1.165, 1.54) is 16.2 Å². The van der Waals surface area contributed by atoms with Gasteiger partial charge >= 0.3 is 5.97 Å². The summed E-state index contributed by atoms with van der Waals surface area (Å²) in [7, 11) is 0. The second-order valence-electron chi connectivity index (χ2n) is 5.94. The predicted molar refractivity (Wildman–Crippen MR) is 104 cm³/mol. The van der Waals surface area contributed by atoms with Crippen molar-refractivity contribution in [3.05, 3.63) is 51.9 Å². The van der Waals surface area contributed by atoms with E-state index in [-0.39, 0.29) is 12.1 Å². The van der Waals surface area contributed by atoms with Crippen LogP contribution in [-0.4, -0.2) is 28.6 Å². The van der Waals surface area contributed by atoms with Crippen molar-refractivity contribution < 1.29 is 14.3 Å². The van der Waals surface area contributed by atoms with Crippen LogP contribution in [0.3, 0.4) is 0 Å². The summed E-state index contributed by atoms with van der Waals surface area (Å²) in [6, 6.07) is 7.71. The molecule has 0 radical (unpaired) electrons. The monoisotopic (exact) mass is 388 g/mol. The predicted octanol–water partition coefficient (Wildman–Crippen LogP) is 4.84. The number of aromatic nitrogens is 2. The topological polar surface area (TPSA) is 61.3 Å². The fourth-order valence-corrected chi connectivity index (χ4v) is 3.74. The van der Waals surface area contributed by atoms with Crippen LogP contribution in [0.1, 0.15) is 35.6 Å². The van der Waals surface area contributed by atoms with Crippen molar-refractivity contribution in [1.82, 2.24) is 9.97 Å². The minimum atomic E-state index is -0.378. The number of carbonyl (C=O) groups excluding carboxylic acids is 1.